The van der Waals surface area contributed by atoms with Gasteiger partial charge in [-0.15, -0.1) is 0 Å². The van der Waals surface area contributed by atoms with Crippen LogP contribution in [0, 0.1) is 6.92 Å². The zero-order valence-electron chi connectivity index (χ0n) is 16.0. The van der Waals surface area contributed by atoms with Crippen molar-refractivity contribution in [3.05, 3.63) is 59.9 Å². The van der Waals surface area contributed by atoms with Crippen LogP contribution in [0.4, 0.5) is 0 Å². The highest BCUT2D eigenvalue weighted by atomic mass is 16.5. The molecule has 0 radical (unpaired) electrons. The smallest absolute Gasteiger partial charge is 0.228 e. The molecule has 144 valence electrons. The highest BCUT2D eigenvalue weighted by Crippen LogP contribution is 2.17. The SMILES string of the molecule is CCCC(O)CN(CCc1nc(-c2ccc(C)cc2)no1)Cc1ccco1. The van der Waals surface area contributed by atoms with Crippen LogP contribution in [0.1, 0.15) is 37.0 Å². The van der Waals surface area contributed by atoms with Gasteiger partial charge in [-0.3, -0.25) is 4.90 Å². The van der Waals surface area contributed by atoms with Crippen LogP contribution < -0.4 is 0 Å². The van der Waals surface area contributed by atoms with Gasteiger partial charge in [0.25, 0.3) is 0 Å². The van der Waals surface area contributed by atoms with E-state index in [1.807, 2.05) is 43.3 Å². The quantitative estimate of drug-likeness (QED) is 0.585. The molecule has 2 heterocycles. The van der Waals surface area contributed by atoms with E-state index in [0.717, 1.165) is 24.2 Å². The number of nitrogens with zero attached hydrogens (tertiary/aromatic N) is 3. The van der Waals surface area contributed by atoms with E-state index >= 15 is 0 Å². The van der Waals surface area contributed by atoms with E-state index in [-0.39, 0.29) is 6.10 Å². The Kier molecular flexibility index (Phi) is 6.79. The summed E-state index contributed by atoms with van der Waals surface area (Å²) in [4.78, 5) is 6.67. The molecule has 3 aromatic rings. The third kappa shape index (κ3) is 5.77. The Labute approximate surface area is 159 Å². The second-order valence-electron chi connectivity index (χ2n) is 6.88. The van der Waals surface area contributed by atoms with Crippen molar-refractivity contribution < 1.29 is 14.0 Å². The van der Waals surface area contributed by atoms with Crippen LogP contribution in [-0.4, -0.2) is 39.3 Å². The van der Waals surface area contributed by atoms with Crippen molar-refractivity contribution in [1.29, 1.82) is 0 Å². The molecule has 0 spiro atoms. The molecule has 3 rings (SSSR count). The van der Waals surface area contributed by atoms with Crippen molar-refractivity contribution in [3.63, 3.8) is 0 Å². The molecule has 1 atom stereocenters. The van der Waals surface area contributed by atoms with Crippen molar-refractivity contribution in [2.24, 2.45) is 0 Å². The van der Waals surface area contributed by atoms with E-state index < -0.39 is 0 Å². The lowest BCUT2D eigenvalue weighted by Crippen LogP contribution is -2.33. The molecule has 0 aliphatic rings. The summed E-state index contributed by atoms with van der Waals surface area (Å²) in [6, 6.07) is 11.9. The van der Waals surface area contributed by atoms with Crippen LogP contribution in [0.2, 0.25) is 0 Å². The molecule has 0 saturated heterocycles. The van der Waals surface area contributed by atoms with Crippen LogP contribution in [0.15, 0.2) is 51.6 Å². The Morgan fingerprint density at radius 2 is 2.00 bits per heavy atom. The van der Waals surface area contributed by atoms with Gasteiger partial charge in [0.05, 0.1) is 18.9 Å². The van der Waals surface area contributed by atoms with Crippen LogP contribution >= 0.6 is 0 Å². The number of aromatic nitrogens is 2. The number of aryl methyl sites for hydroxylation is 1. The van der Waals surface area contributed by atoms with E-state index in [2.05, 4.69) is 22.0 Å². The monoisotopic (exact) mass is 369 g/mol. The average Bonchev–Trinajstić information content (AvgIpc) is 3.32. The third-order valence-electron chi connectivity index (χ3n) is 4.47. The maximum atomic E-state index is 10.2. The minimum atomic E-state index is -0.351. The zero-order chi connectivity index (χ0) is 19.1. The molecule has 0 aliphatic heterocycles. The second-order valence-corrected chi connectivity index (χ2v) is 6.88. The molecule has 6 nitrogen and oxygen atoms in total. The molecule has 0 amide bonds. The summed E-state index contributed by atoms with van der Waals surface area (Å²) >= 11 is 0. The van der Waals surface area contributed by atoms with Gasteiger partial charge in [-0.05, 0) is 25.5 Å². The summed E-state index contributed by atoms with van der Waals surface area (Å²) in [6.07, 6.45) is 3.68. The second kappa shape index (κ2) is 9.48. The average molecular weight is 369 g/mol. The Morgan fingerprint density at radius 3 is 2.70 bits per heavy atom. The first-order valence-corrected chi connectivity index (χ1v) is 9.46. The number of benzene rings is 1. The summed E-state index contributed by atoms with van der Waals surface area (Å²) in [5, 5.41) is 14.3. The number of hydrogen-bond donors (Lipinski definition) is 1. The third-order valence-corrected chi connectivity index (χ3v) is 4.47. The zero-order valence-corrected chi connectivity index (χ0v) is 16.0. The minimum Gasteiger partial charge on any atom is -0.468 e. The van der Waals surface area contributed by atoms with Crippen molar-refractivity contribution >= 4 is 0 Å². The van der Waals surface area contributed by atoms with Gasteiger partial charge in [0.1, 0.15) is 5.76 Å². The predicted molar refractivity (Wildman–Crippen MR) is 103 cm³/mol. The molecule has 1 N–H and O–H groups in total. The lowest BCUT2D eigenvalue weighted by Gasteiger charge is -2.23. The fourth-order valence-corrected chi connectivity index (χ4v) is 3.01. The molecule has 0 saturated carbocycles. The molecular weight excluding hydrogens is 342 g/mol. The van der Waals surface area contributed by atoms with Gasteiger partial charge < -0.3 is 14.0 Å². The van der Waals surface area contributed by atoms with Crippen molar-refractivity contribution in [2.75, 3.05) is 13.1 Å². The lowest BCUT2D eigenvalue weighted by atomic mass is 10.1. The van der Waals surface area contributed by atoms with Crippen molar-refractivity contribution in [1.82, 2.24) is 15.0 Å². The van der Waals surface area contributed by atoms with Gasteiger partial charge in [-0.1, -0.05) is 48.3 Å². The summed E-state index contributed by atoms with van der Waals surface area (Å²) in [7, 11) is 0. The van der Waals surface area contributed by atoms with Crippen LogP contribution in [0.5, 0.6) is 0 Å². The number of rotatable bonds is 10. The molecule has 0 fully saturated rings. The van der Waals surface area contributed by atoms with E-state index in [0.29, 0.717) is 37.8 Å². The van der Waals surface area contributed by atoms with E-state index in [9.17, 15) is 5.11 Å². The van der Waals surface area contributed by atoms with Crippen molar-refractivity contribution in [3.8, 4) is 11.4 Å². The first-order valence-electron chi connectivity index (χ1n) is 9.46. The standard InChI is InChI=1S/C21H27N3O3/c1-3-5-18(25)14-24(15-19-6-4-13-26-19)12-11-20-22-21(23-27-20)17-9-7-16(2)8-10-17/h4,6-10,13,18,25H,3,5,11-12,14-15H2,1-2H3. The molecule has 1 unspecified atom stereocenters. The molecule has 1 aromatic carbocycles. The number of hydrogen-bond acceptors (Lipinski definition) is 6. The number of aliphatic hydroxyl groups excluding tert-OH is 1. The molecule has 27 heavy (non-hydrogen) atoms. The normalized spacial score (nSPS) is 12.6. The summed E-state index contributed by atoms with van der Waals surface area (Å²) in [5.41, 5.74) is 2.14. The first kappa shape index (κ1) is 19.3. The van der Waals surface area contributed by atoms with Crippen LogP contribution in [0.25, 0.3) is 11.4 Å². The summed E-state index contributed by atoms with van der Waals surface area (Å²) in [5.74, 6) is 2.08. The molecule has 2 aromatic heterocycles. The number of aliphatic hydroxyl groups is 1. The van der Waals surface area contributed by atoms with Gasteiger partial charge in [-0.2, -0.15) is 4.98 Å². The van der Waals surface area contributed by atoms with E-state index in [4.69, 9.17) is 8.94 Å². The van der Waals surface area contributed by atoms with Gasteiger partial charge in [0.2, 0.25) is 11.7 Å². The first-order chi connectivity index (χ1) is 13.1. The molecule has 0 aliphatic carbocycles. The fourth-order valence-electron chi connectivity index (χ4n) is 3.01. The van der Waals surface area contributed by atoms with Crippen molar-refractivity contribution in [2.45, 2.75) is 45.8 Å². The summed E-state index contributed by atoms with van der Waals surface area (Å²) in [6.45, 7) is 6.06. The Morgan fingerprint density at radius 1 is 1.19 bits per heavy atom. The van der Waals surface area contributed by atoms with Crippen LogP contribution in [0.3, 0.4) is 0 Å². The Hall–Kier alpha value is -2.44. The van der Waals surface area contributed by atoms with Gasteiger partial charge >= 0.3 is 0 Å². The van der Waals surface area contributed by atoms with E-state index in [1.54, 1.807) is 6.26 Å². The highest BCUT2D eigenvalue weighted by molar-refractivity contribution is 5.54. The van der Waals surface area contributed by atoms with Gasteiger partial charge in [0.15, 0.2) is 0 Å². The van der Waals surface area contributed by atoms with Gasteiger partial charge in [0, 0.05) is 25.1 Å². The number of furan rings is 1. The maximum absolute atomic E-state index is 10.2. The topological polar surface area (TPSA) is 75.5 Å². The van der Waals surface area contributed by atoms with Crippen LogP contribution in [-0.2, 0) is 13.0 Å². The predicted octanol–water partition coefficient (Wildman–Crippen LogP) is 3.84. The highest BCUT2D eigenvalue weighted by Gasteiger charge is 2.15. The fraction of sp³-hybridized carbons (Fsp3) is 0.429. The maximum Gasteiger partial charge on any atom is 0.228 e. The lowest BCUT2D eigenvalue weighted by molar-refractivity contribution is 0.0964. The Balaban J connectivity index is 1.61. The molecular formula is C21H27N3O3. The molecule has 0 bridgehead atoms. The van der Waals surface area contributed by atoms with Gasteiger partial charge in [-0.25, -0.2) is 0 Å². The molecule has 6 heteroatoms. The Bertz CT molecular complexity index is 796. The summed E-state index contributed by atoms with van der Waals surface area (Å²) < 4.78 is 10.9. The largest absolute Gasteiger partial charge is 0.468 e. The minimum absolute atomic E-state index is 0.351. The van der Waals surface area contributed by atoms with E-state index in [1.165, 1.54) is 5.56 Å².